The van der Waals surface area contributed by atoms with Crippen molar-refractivity contribution in [2.45, 2.75) is 82.1 Å². The zero-order chi connectivity index (χ0) is 26.8. The van der Waals surface area contributed by atoms with Crippen LogP contribution in [0.15, 0.2) is 23.8 Å². The first kappa shape index (κ1) is 27.0. The van der Waals surface area contributed by atoms with E-state index in [2.05, 4.69) is 5.32 Å². The topological polar surface area (TPSA) is 129 Å². The van der Waals surface area contributed by atoms with E-state index in [0.29, 0.717) is 53.0 Å². The van der Waals surface area contributed by atoms with Gasteiger partial charge in [0.05, 0.1) is 32.3 Å². The normalized spacial score (nSPS) is 26.3. The molecule has 2 saturated carbocycles. The molecular weight excluding hydrogens is 488 g/mol. The number of fused-ring (bicyclic) bond motifs is 3. The lowest BCUT2D eigenvalue weighted by atomic mass is 9.77. The molecule has 4 atom stereocenters. The Kier molecular flexibility index (Phi) is 8.26. The average molecular weight is 529 g/mol. The third-order valence-corrected chi connectivity index (χ3v) is 8.57. The molecule has 0 bridgehead atoms. The Morgan fingerprint density at radius 1 is 1.13 bits per heavy atom. The Morgan fingerprint density at radius 2 is 1.89 bits per heavy atom. The van der Waals surface area contributed by atoms with E-state index in [1.807, 2.05) is 0 Å². The Morgan fingerprint density at radius 3 is 2.55 bits per heavy atom. The van der Waals surface area contributed by atoms with Crippen molar-refractivity contribution in [1.29, 1.82) is 0 Å². The summed E-state index contributed by atoms with van der Waals surface area (Å²) < 4.78 is 11.8. The fourth-order valence-electron chi connectivity index (χ4n) is 6.36. The summed E-state index contributed by atoms with van der Waals surface area (Å²) in [5.74, 6) is 0.868. The number of hydrogen-bond donors (Lipinski definition) is 4. The van der Waals surface area contributed by atoms with E-state index in [0.717, 1.165) is 19.3 Å². The van der Waals surface area contributed by atoms with Crippen LogP contribution < -0.4 is 14.8 Å². The monoisotopic (exact) mass is 528 g/mol. The Bertz CT molecular complexity index is 1060. The van der Waals surface area contributed by atoms with Gasteiger partial charge in [0.1, 0.15) is 12.2 Å². The number of rotatable bonds is 11. The zero-order valence-corrected chi connectivity index (χ0v) is 22.1. The van der Waals surface area contributed by atoms with E-state index in [4.69, 9.17) is 9.47 Å². The number of hydrogen-bond acceptors (Lipinski definition) is 7. The fourth-order valence-corrected chi connectivity index (χ4v) is 6.36. The number of benzene rings is 1. The number of methoxy groups -OCH3 is 1. The first-order valence-corrected chi connectivity index (χ1v) is 14.0. The van der Waals surface area contributed by atoms with Crippen molar-refractivity contribution in [3.63, 3.8) is 0 Å². The highest BCUT2D eigenvalue weighted by Crippen LogP contribution is 2.51. The van der Waals surface area contributed by atoms with Crippen LogP contribution in [0.4, 0.5) is 0 Å². The van der Waals surface area contributed by atoms with Gasteiger partial charge >= 0.3 is 0 Å². The summed E-state index contributed by atoms with van der Waals surface area (Å²) in [6.45, 7) is 0.213. The zero-order valence-electron chi connectivity index (χ0n) is 22.1. The molecule has 208 valence electrons. The molecule has 2 fully saturated rings. The molecule has 0 unspecified atom stereocenters. The Balaban J connectivity index is 1.49. The molecular formula is C29H40N2O7. The van der Waals surface area contributed by atoms with Crippen molar-refractivity contribution in [2.75, 3.05) is 26.8 Å². The summed E-state index contributed by atoms with van der Waals surface area (Å²) >= 11 is 0. The number of nitrogens with zero attached hydrogens (tertiary/aromatic N) is 1. The molecule has 9 heteroatoms. The molecule has 5 rings (SSSR count). The SMILES string of the molecule is COc1cc(CO)cc2c1O[C@@H]1[C@@H](O)[C@H](N(CC3CC3)C(=O)CCC3CCCC3)C=C(C(=O)NCCO)[C@H]21. The van der Waals surface area contributed by atoms with E-state index in [9.17, 15) is 24.9 Å². The Labute approximate surface area is 223 Å². The number of amides is 2. The number of nitrogens with one attached hydrogen (secondary N) is 1. The molecule has 1 aliphatic heterocycles. The molecule has 0 saturated heterocycles. The van der Waals surface area contributed by atoms with Gasteiger partial charge in [-0.25, -0.2) is 0 Å². The molecule has 4 aliphatic rings. The second kappa shape index (κ2) is 11.6. The van der Waals surface area contributed by atoms with Gasteiger partial charge in [-0.1, -0.05) is 25.7 Å². The number of carbonyl (C=O) groups is 2. The highest BCUT2D eigenvalue weighted by Gasteiger charge is 2.51. The van der Waals surface area contributed by atoms with Crippen LogP contribution in [0.1, 0.15) is 68.4 Å². The summed E-state index contributed by atoms with van der Waals surface area (Å²) in [4.78, 5) is 28.8. The number of ether oxygens (including phenoxy) is 2. The largest absolute Gasteiger partial charge is 0.493 e. The van der Waals surface area contributed by atoms with Crippen molar-refractivity contribution in [3.05, 3.63) is 34.9 Å². The summed E-state index contributed by atoms with van der Waals surface area (Å²) in [6, 6.07) is 2.75. The standard InChI is InChI=1S/C29H40N2O7/c1-37-23-13-19(16-33)12-20-25-21(29(36)30-10-11-32)14-22(26(35)28(25)38-27(20)23)31(15-18-6-7-18)24(34)9-8-17-4-2-3-5-17/h12-14,17-18,22,25-26,28,32-33,35H,2-11,15-16H2,1H3,(H,30,36)/t22-,25+,26+,28+/m1/s1. The van der Waals surface area contributed by atoms with E-state index < -0.39 is 24.2 Å². The van der Waals surface area contributed by atoms with Gasteiger partial charge in [0.15, 0.2) is 11.5 Å². The van der Waals surface area contributed by atoms with Crippen LogP contribution in [0.2, 0.25) is 0 Å². The average Bonchev–Trinajstić information content (AvgIpc) is 3.43. The van der Waals surface area contributed by atoms with Crippen molar-refractivity contribution in [3.8, 4) is 11.5 Å². The van der Waals surface area contributed by atoms with Crippen LogP contribution in [0, 0.1) is 11.8 Å². The highest BCUT2D eigenvalue weighted by atomic mass is 16.5. The number of aliphatic hydroxyl groups excluding tert-OH is 3. The van der Waals surface area contributed by atoms with Gasteiger partial charge in [-0.3, -0.25) is 9.59 Å². The molecule has 2 amide bonds. The maximum Gasteiger partial charge on any atom is 0.247 e. The van der Waals surface area contributed by atoms with Crippen molar-refractivity contribution < 1.29 is 34.4 Å². The van der Waals surface area contributed by atoms with Crippen LogP contribution in [0.5, 0.6) is 11.5 Å². The third-order valence-electron chi connectivity index (χ3n) is 8.57. The van der Waals surface area contributed by atoms with Gasteiger partial charge in [-0.15, -0.1) is 0 Å². The van der Waals surface area contributed by atoms with Crippen LogP contribution >= 0.6 is 0 Å². The van der Waals surface area contributed by atoms with Crippen molar-refractivity contribution in [2.24, 2.45) is 11.8 Å². The number of carbonyl (C=O) groups excluding carboxylic acids is 2. The first-order valence-electron chi connectivity index (χ1n) is 14.0. The molecule has 0 spiro atoms. The minimum Gasteiger partial charge on any atom is -0.493 e. The third kappa shape index (κ3) is 5.42. The molecule has 9 nitrogen and oxygen atoms in total. The van der Waals surface area contributed by atoms with Gasteiger partial charge in [-0.2, -0.15) is 0 Å². The second-order valence-corrected chi connectivity index (χ2v) is 11.2. The summed E-state index contributed by atoms with van der Waals surface area (Å²) in [5, 5.41) is 33.5. The lowest BCUT2D eigenvalue weighted by Gasteiger charge is -2.41. The maximum absolute atomic E-state index is 13.6. The molecule has 4 N–H and O–H groups in total. The van der Waals surface area contributed by atoms with Gasteiger partial charge in [-0.05, 0) is 54.9 Å². The van der Waals surface area contributed by atoms with E-state index in [1.54, 1.807) is 23.1 Å². The number of aliphatic hydroxyl groups is 3. The van der Waals surface area contributed by atoms with Crippen LogP contribution in [-0.4, -0.2) is 77.1 Å². The molecule has 38 heavy (non-hydrogen) atoms. The summed E-state index contributed by atoms with van der Waals surface area (Å²) in [6.07, 6.45) is 8.05. The molecule has 1 aromatic rings. The van der Waals surface area contributed by atoms with Gasteiger partial charge in [0.25, 0.3) is 0 Å². The fraction of sp³-hybridized carbons (Fsp3) is 0.655. The smallest absolute Gasteiger partial charge is 0.247 e. The minimum atomic E-state index is -1.06. The quantitative estimate of drug-likeness (QED) is 0.346. The predicted octanol–water partition coefficient (Wildman–Crippen LogP) is 2.02. The molecule has 0 radical (unpaired) electrons. The Hall–Kier alpha value is -2.62. The van der Waals surface area contributed by atoms with Crippen molar-refractivity contribution in [1.82, 2.24) is 10.2 Å². The van der Waals surface area contributed by atoms with Gasteiger partial charge in [0, 0.05) is 30.6 Å². The van der Waals surface area contributed by atoms with E-state index in [-0.39, 0.29) is 31.6 Å². The molecule has 1 heterocycles. The van der Waals surface area contributed by atoms with E-state index >= 15 is 0 Å². The minimum absolute atomic E-state index is 0.00771. The van der Waals surface area contributed by atoms with Crippen molar-refractivity contribution >= 4 is 11.8 Å². The lowest BCUT2D eigenvalue weighted by molar-refractivity contribution is -0.137. The first-order chi connectivity index (χ1) is 18.4. The maximum atomic E-state index is 13.6. The summed E-state index contributed by atoms with van der Waals surface area (Å²) in [5.41, 5.74) is 1.65. The van der Waals surface area contributed by atoms with Crippen LogP contribution in [0.25, 0.3) is 0 Å². The molecule has 1 aromatic carbocycles. The second-order valence-electron chi connectivity index (χ2n) is 11.2. The van der Waals surface area contributed by atoms with Gasteiger partial charge in [0.2, 0.25) is 11.8 Å². The van der Waals surface area contributed by atoms with Gasteiger partial charge < -0.3 is 35.0 Å². The molecule has 0 aromatic heterocycles. The highest BCUT2D eigenvalue weighted by molar-refractivity contribution is 5.96. The van der Waals surface area contributed by atoms with Crippen LogP contribution in [0.3, 0.4) is 0 Å². The van der Waals surface area contributed by atoms with E-state index in [1.165, 1.54) is 32.8 Å². The summed E-state index contributed by atoms with van der Waals surface area (Å²) in [7, 11) is 1.51. The molecule has 3 aliphatic carbocycles. The predicted molar refractivity (Wildman–Crippen MR) is 140 cm³/mol. The van der Waals surface area contributed by atoms with Crippen LogP contribution in [-0.2, 0) is 16.2 Å². The lowest BCUT2D eigenvalue weighted by Crippen LogP contribution is -2.56.